The molecule has 1 rings (SSSR count). The molecule has 1 N–H and O–H groups in total. The van der Waals surface area contributed by atoms with Crippen LogP contribution in [0.2, 0.25) is 0 Å². The molecular weight excluding hydrogens is 216 g/mol. The molecule has 0 radical (unpaired) electrons. The van der Waals surface area contributed by atoms with Crippen molar-refractivity contribution in [2.24, 2.45) is 5.41 Å². The van der Waals surface area contributed by atoms with E-state index in [4.69, 9.17) is 9.47 Å². The van der Waals surface area contributed by atoms with Crippen LogP contribution >= 0.6 is 0 Å². The average molecular weight is 244 g/mol. The van der Waals surface area contributed by atoms with Crippen LogP contribution in [0.4, 0.5) is 0 Å². The lowest BCUT2D eigenvalue weighted by Gasteiger charge is -2.55. The molecule has 0 unspecified atom stereocenters. The van der Waals surface area contributed by atoms with Crippen molar-refractivity contribution < 1.29 is 14.6 Å². The molecule has 3 heteroatoms. The predicted molar refractivity (Wildman–Crippen MR) is 69.1 cm³/mol. The minimum Gasteiger partial charge on any atom is -0.384 e. The Bertz CT molecular complexity index is 271. The van der Waals surface area contributed by atoms with Gasteiger partial charge in [0.1, 0.15) is 5.60 Å². The van der Waals surface area contributed by atoms with Gasteiger partial charge in [-0.1, -0.05) is 27.7 Å². The van der Waals surface area contributed by atoms with Gasteiger partial charge in [0, 0.05) is 13.5 Å². The highest BCUT2D eigenvalue weighted by atomic mass is 16.6. The largest absolute Gasteiger partial charge is 0.384 e. The minimum absolute atomic E-state index is 0.0587. The zero-order valence-electron chi connectivity index (χ0n) is 12.3. The Balaban J connectivity index is 3.05. The fourth-order valence-corrected chi connectivity index (χ4v) is 2.80. The first-order valence-corrected chi connectivity index (χ1v) is 6.53. The van der Waals surface area contributed by atoms with Crippen LogP contribution in [0.15, 0.2) is 0 Å². The van der Waals surface area contributed by atoms with Gasteiger partial charge in [-0.25, -0.2) is 0 Å². The van der Waals surface area contributed by atoms with E-state index in [1.54, 1.807) is 7.11 Å². The zero-order valence-corrected chi connectivity index (χ0v) is 12.3. The predicted octanol–water partition coefficient (Wildman–Crippen LogP) is 2.76. The molecule has 0 bridgehead atoms. The Morgan fingerprint density at radius 1 is 1.41 bits per heavy atom. The van der Waals surface area contributed by atoms with Crippen LogP contribution < -0.4 is 0 Å². The summed E-state index contributed by atoms with van der Waals surface area (Å²) in [5, 5.41) is 10.8. The smallest absolute Gasteiger partial charge is 0.119 e. The van der Waals surface area contributed by atoms with Gasteiger partial charge < -0.3 is 14.6 Å². The lowest BCUT2D eigenvalue weighted by molar-refractivity contribution is -0.285. The van der Waals surface area contributed by atoms with E-state index in [0.29, 0.717) is 6.42 Å². The quantitative estimate of drug-likeness (QED) is 0.811. The van der Waals surface area contributed by atoms with Gasteiger partial charge in [-0.2, -0.15) is 0 Å². The molecule has 0 aromatic heterocycles. The lowest BCUT2D eigenvalue weighted by Crippen LogP contribution is -2.66. The first-order chi connectivity index (χ1) is 7.60. The Morgan fingerprint density at radius 3 is 2.29 bits per heavy atom. The van der Waals surface area contributed by atoms with Gasteiger partial charge in [0.2, 0.25) is 0 Å². The minimum atomic E-state index is -0.913. The maximum Gasteiger partial charge on any atom is 0.119 e. The summed E-state index contributed by atoms with van der Waals surface area (Å²) in [6, 6.07) is 0. The molecule has 1 aliphatic heterocycles. The van der Waals surface area contributed by atoms with Crippen LogP contribution in [0.25, 0.3) is 0 Å². The molecule has 1 saturated heterocycles. The van der Waals surface area contributed by atoms with Gasteiger partial charge in [0.25, 0.3) is 0 Å². The third kappa shape index (κ3) is 2.38. The summed E-state index contributed by atoms with van der Waals surface area (Å²) in [5.74, 6) is 0. The molecule has 0 aromatic rings. The number of ether oxygens (including phenoxy) is 2. The second-order valence-corrected chi connectivity index (χ2v) is 6.55. The number of hydrogen-bond donors (Lipinski definition) is 1. The van der Waals surface area contributed by atoms with Crippen LogP contribution in [-0.2, 0) is 9.47 Å². The highest BCUT2D eigenvalue weighted by Gasteiger charge is 2.57. The molecule has 0 saturated carbocycles. The molecule has 0 aliphatic carbocycles. The highest BCUT2D eigenvalue weighted by molar-refractivity contribution is 5.07. The van der Waals surface area contributed by atoms with Crippen LogP contribution in [-0.4, -0.2) is 35.6 Å². The molecule has 0 spiro atoms. The van der Waals surface area contributed by atoms with E-state index >= 15 is 0 Å². The van der Waals surface area contributed by atoms with E-state index in [9.17, 15) is 5.11 Å². The van der Waals surface area contributed by atoms with Gasteiger partial charge in [0.15, 0.2) is 0 Å². The summed E-state index contributed by atoms with van der Waals surface area (Å²) in [6.45, 7) is 12.4. The lowest BCUT2D eigenvalue weighted by atomic mass is 9.69. The van der Waals surface area contributed by atoms with Crippen molar-refractivity contribution in [3.63, 3.8) is 0 Å². The highest BCUT2D eigenvalue weighted by Crippen LogP contribution is 2.45. The maximum absolute atomic E-state index is 10.8. The van der Waals surface area contributed by atoms with Crippen molar-refractivity contribution in [2.45, 2.75) is 77.8 Å². The fourth-order valence-electron chi connectivity index (χ4n) is 2.80. The first-order valence-electron chi connectivity index (χ1n) is 6.53. The molecule has 0 amide bonds. The van der Waals surface area contributed by atoms with Crippen molar-refractivity contribution in [1.82, 2.24) is 0 Å². The van der Waals surface area contributed by atoms with Crippen molar-refractivity contribution in [3.05, 3.63) is 0 Å². The standard InChI is InChI=1S/C14H28O3/c1-8-14(15)10(2)17-11(12(3,4)5)9-13(14,6)16-7/h10-11,15H,8-9H2,1-7H3/t10-,11+,13+,14-/m0/s1. The van der Waals surface area contributed by atoms with E-state index in [2.05, 4.69) is 20.8 Å². The topological polar surface area (TPSA) is 38.7 Å². The van der Waals surface area contributed by atoms with Crippen LogP contribution in [0, 0.1) is 5.41 Å². The molecule has 0 aromatic carbocycles. The SMILES string of the molecule is CC[C@]1(O)[C@H](C)O[C@@H](C(C)(C)C)C[C@@]1(C)OC. The molecule has 17 heavy (non-hydrogen) atoms. The Morgan fingerprint density at radius 2 is 1.94 bits per heavy atom. The van der Waals surface area contributed by atoms with Crippen molar-refractivity contribution in [1.29, 1.82) is 0 Å². The van der Waals surface area contributed by atoms with E-state index in [-0.39, 0.29) is 17.6 Å². The van der Waals surface area contributed by atoms with Crippen molar-refractivity contribution >= 4 is 0 Å². The third-order valence-corrected chi connectivity index (χ3v) is 4.49. The van der Waals surface area contributed by atoms with Crippen LogP contribution in [0.3, 0.4) is 0 Å². The molecule has 1 fully saturated rings. The number of aliphatic hydroxyl groups is 1. The van der Waals surface area contributed by atoms with E-state index in [0.717, 1.165) is 6.42 Å². The second-order valence-electron chi connectivity index (χ2n) is 6.55. The van der Waals surface area contributed by atoms with Gasteiger partial charge in [-0.15, -0.1) is 0 Å². The summed E-state index contributed by atoms with van der Waals surface area (Å²) in [7, 11) is 1.68. The zero-order chi connectivity index (χ0) is 13.5. The molecule has 1 heterocycles. The van der Waals surface area contributed by atoms with Crippen LogP contribution in [0.1, 0.15) is 54.4 Å². The molecule has 1 aliphatic rings. The Hall–Kier alpha value is -0.120. The third-order valence-electron chi connectivity index (χ3n) is 4.49. The molecular formula is C14H28O3. The normalized spacial score (nSPS) is 43.8. The van der Waals surface area contributed by atoms with Gasteiger partial charge in [-0.05, 0) is 25.7 Å². The molecule has 4 atom stereocenters. The summed E-state index contributed by atoms with van der Waals surface area (Å²) in [4.78, 5) is 0. The van der Waals surface area contributed by atoms with Gasteiger partial charge >= 0.3 is 0 Å². The first kappa shape index (κ1) is 14.9. The summed E-state index contributed by atoms with van der Waals surface area (Å²) in [5.41, 5.74) is -1.40. The van der Waals surface area contributed by atoms with Crippen LogP contribution in [0.5, 0.6) is 0 Å². The summed E-state index contributed by atoms with van der Waals surface area (Å²) in [6.07, 6.45) is 1.25. The Kier molecular flexibility index (Phi) is 3.98. The number of hydrogen-bond acceptors (Lipinski definition) is 3. The van der Waals surface area contributed by atoms with E-state index in [1.807, 2.05) is 20.8 Å². The monoisotopic (exact) mass is 244 g/mol. The Labute approximate surface area is 105 Å². The van der Waals surface area contributed by atoms with Crippen molar-refractivity contribution in [2.75, 3.05) is 7.11 Å². The van der Waals surface area contributed by atoms with E-state index in [1.165, 1.54) is 0 Å². The summed E-state index contributed by atoms with van der Waals surface area (Å²) >= 11 is 0. The molecule has 3 nitrogen and oxygen atoms in total. The fraction of sp³-hybridized carbons (Fsp3) is 1.00. The van der Waals surface area contributed by atoms with E-state index < -0.39 is 11.2 Å². The van der Waals surface area contributed by atoms with Gasteiger partial charge in [0.05, 0.1) is 17.8 Å². The number of methoxy groups -OCH3 is 1. The van der Waals surface area contributed by atoms with Gasteiger partial charge in [-0.3, -0.25) is 0 Å². The molecule has 102 valence electrons. The summed E-state index contributed by atoms with van der Waals surface area (Å²) < 4.78 is 11.7. The maximum atomic E-state index is 10.8. The second kappa shape index (κ2) is 4.52. The number of rotatable bonds is 2. The van der Waals surface area contributed by atoms with Crippen molar-refractivity contribution in [3.8, 4) is 0 Å². The average Bonchev–Trinajstić information content (AvgIpc) is 2.23.